The zero-order valence-electron chi connectivity index (χ0n) is 14.4. The van der Waals surface area contributed by atoms with Gasteiger partial charge in [-0.3, -0.25) is 9.09 Å². The van der Waals surface area contributed by atoms with Gasteiger partial charge < -0.3 is 19.4 Å². The molecular weight excluding hydrogens is 461 g/mol. The summed E-state index contributed by atoms with van der Waals surface area (Å²) in [5.41, 5.74) is 0.929. The molecule has 0 amide bonds. The van der Waals surface area contributed by atoms with Crippen molar-refractivity contribution in [2.75, 3.05) is 7.05 Å². The van der Waals surface area contributed by atoms with Crippen molar-refractivity contribution in [3.05, 3.63) is 59.7 Å². The van der Waals surface area contributed by atoms with Crippen molar-refractivity contribution in [1.82, 2.24) is 4.78 Å². The van der Waals surface area contributed by atoms with Gasteiger partial charge in [-0.25, -0.2) is 0 Å². The van der Waals surface area contributed by atoms with E-state index >= 15 is 0 Å². The fourth-order valence-corrected chi connectivity index (χ4v) is 3.86. The number of hydrogen-bond acceptors (Lipinski definition) is 7. The van der Waals surface area contributed by atoms with Crippen molar-refractivity contribution >= 4 is 52.1 Å². The summed E-state index contributed by atoms with van der Waals surface area (Å²) in [5.74, 6) is -0.806. The van der Waals surface area contributed by atoms with E-state index in [0.29, 0.717) is 19.1 Å². The van der Waals surface area contributed by atoms with Crippen LogP contribution in [0.4, 0.5) is 0 Å². The molecule has 2 unspecified atom stereocenters. The molecule has 0 saturated heterocycles. The number of nitrogens with zero attached hydrogens (tertiary/aromatic N) is 2. The molecule has 0 bridgehead atoms. The Hall–Kier alpha value is -1.34. The van der Waals surface area contributed by atoms with Crippen molar-refractivity contribution in [3.63, 3.8) is 0 Å². The number of rotatable bonds is 9. The highest BCUT2D eigenvalue weighted by molar-refractivity contribution is 8.02. The Morgan fingerprint density at radius 1 is 1.18 bits per heavy atom. The molecule has 2 aromatic carbocycles. The quantitative estimate of drug-likeness (QED) is 0.283. The van der Waals surface area contributed by atoms with Crippen LogP contribution in [-0.2, 0) is 28.2 Å². The van der Waals surface area contributed by atoms with Crippen LogP contribution in [0.15, 0.2) is 53.6 Å². The van der Waals surface area contributed by atoms with Gasteiger partial charge in [0.15, 0.2) is 11.6 Å². The summed E-state index contributed by atoms with van der Waals surface area (Å²) < 4.78 is 23.4. The molecule has 28 heavy (non-hydrogen) atoms. The molecule has 8 nitrogen and oxygen atoms in total. The van der Waals surface area contributed by atoms with Gasteiger partial charge in [-0.15, -0.1) is 5.10 Å². The predicted octanol–water partition coefficient (Wildman–Crippen LogP) is 3.68. The molecule has 0 aromatic heterocycles. The monoisotopic (exact) mass is 477 g/mol. The number of aliphatic hydroxyl groups excluding tert-OH is 1. The number of hydrogen-bond donors (Lipinski definition) is 3. The molecule has 0 fully saturated rings. The second-order valence-corrected chi connectivity index (χ2v) is 9.95. The molecule has 13 heteroatoms. The van der Waals surface area contributed by atoms with Crippen molar-refractivity contribution in [2.45, 2.75) is 5.85 Å². The summed E-state index contributed by atoms with van der Waals surface area (Å²) in [7, 11) is -4.05. The van der Waals surface area contributed by atoms with E-state index in [-0.39, 0.29) is 5.56 Å². The lowest BCUT2D eigenvalue weighted by atomic mass is 10.2. The second-order valence-electron chi connectivity index (χ2n) is 5.33. The first-order valence-corrected chi connectivity index (χ1v) is 13.3. The zero-order chi connectivity index (χ0) is 20.7. The summed E-state index contributed by atoms with van der Waals surface area (Å²) in [6, 6.07) is 12.9. The summed E-state index contributed by atoms with van der Waals surface area (Å²) in [4.78, 5) is 18.0. The van der Waals surface area contributed by atoms with Crippen LogP contribution in [-0.4, -0.2) is 32.9 Å². The molecule has 148 valence electrons. The highest BCUT2D eigenvalue weighted by Gasteiger charge is 2.28. The Labute approximate surface area is 174 Å². The maximum absolute atomic E-state index is 11.1. The van der Waals surface area contributed by atoms with E-state index in [9.17, 15) is 9.67 Å². The summed E-state index contributed by atoms with van der Waals surface area (Å²) in [5, 5.41) is 13.8. The normalized spacial score (nSPS) is 13.4. The van der Waals surface area contributed by atoms with Crippen LogP contribution in [0.1, 0.15) is 17.0 Å². The van der Waals surface area contributed by atoms with Crippen LogP contribution in [0.3, 0.4) is 0 Å². The lowest BCUT2D eigenvalue weighted by Gasteiger charge is -2.12. The molecule has 0 aliphatic carbocycles. The smallest absolute Gasteiger partial charge is 0.429 e. The lowest BCUT2D eigenvalue weighted by Crippen LogP contribution is -2.03. The van der Waals surface area contributed by atoms with Crippen molar-refractivity contribution < 1.29 is 28.5 Å². The van der Waals surface area contributed by atoms with E-state index in [1.807, 2.05) is 12.1 Å². The minimum Gasteiger partial charge on any atom is -0.429 e. The first-order chi connectivity index (χ1) is 13.2. The fourth-order valence-electron chi connectivity index (χ4n) is 1.89. The van der Waals surface area contributed by atoms with Crippen molar-refractivity contribution in [3.8, 4) is 11.5 Å². The molecule has 0 saturated carbocycles. The first-order valence-electron chi connectivity index (χ1n) is 7.56. The highest BCUT2D eigenvalue weighted by atomic mass is 32.4. The average Bonchev–Trinajstić information content (AvgIpc) is 2.66. The lowest BCUT2D eigenvalue weighted by molar-refractivity contribution is 0.205. The van der Waals surface area contributed by atoms with Crippen LogP contribution in [0.2, 0.25) is 0 Å². The van der Waals surface area contributed by atoms with Crippen LogP contribution in [0.5, 0.6) is 11.5 Å². The average molecular weight is 477 g/mol. The Balaban J connectivity index is 1.96. The topological polar surface area (TPSA) is 112 Å². The Bertz CT molecular complexity index is 905. The van der Waals surface area contributed by atoms with E-state index in [0.717, 1.165) is 5.56 Å². The standard InChI is InChI=1S/C15H15N2O6P3S2/c1-17(16-10-11-2-6-13(7-3-11)22-24-27)25(28)23-14-8-4-12(5-9-14)15(18)26(19,20)21/h2-10,15,18H,1H3,(H-,19,20,21)/p+1/b16-10-. The maximum Gasteiger partial charge on any atom is 0.540 e. The molecule has 2 atom stereocenters. The van der Waals surface area contributed by atoms with Crippen molar-refractivity contribution in [2.24, 2.45) is 5.10 Å². The molecule has 0 heterocycles. The van der Waals surface area contributed by atoms with Gasteiger partial charge in [0.25, 0.3) is 0 Å². The van der Waals surface area contributed by atoms with Gasteiger partial charge in [0.05, 0.1) is 13.3 Å². The SMILES string of the molecule is CN(/N=C\c1ccc(OP=S)cc1)[P+](=S)Oc1ccc(C(O)P(=O)(O)O)cc1. The van der Waals surface area contributed by atoms with E-state index in [1.54, 1.807) is 25.4 Å². The highest BCUT2D eigenvalue weighted by Crippen LogP contribution is 2.50. The minimum absolute atomic E-state index is 0.0867. The number of hydrazone groups is 1. The summed E-state index contributed by atoms with van der Waals surface area (Å²) >= 11 is 10.0. The molecule has 0 aliphatic heterocycles. The predicted molar refractivity (Wildman–Crippen MR) is 115 cm³/mol. The van der Waals surface area contributed by atoms with Crippen LogP contribution in [0.25, 0.3) is 0 Å². The molecular formula is C15H16N2O6P3S2+. The third-order valence-electron chi connectivity index (χ3n) is 3.31. The summed E-state index contributed by atoms with van der Waals surface area (Å²) in [6.45, 7) is 0. The summed E-state index contributed by atoms with van der Waals surface area (Å²) in [6.07, 6.45) is 1.62. The largest absolute Gasteiger partial charge is 0.540 e. The number of benzene rings is 2. The van der Waals surface area contributed by atoms with Gasteiger partial charge in [0.2, 0.25) is 19.4 Å². The molecule has 0 spiro atoms. The molecule has 3 N–H and O–H groups in total. The van der Waals surface area contributed by atoms with Crippen LogP contribution in [0, 0.1) is 0 Å². The van der Waals surface area contributed by atoms with E-state index < -0.39 is 20.5 Å². The van der Waals surface area contributed by atoms with E-state index in [4.69, 9.17) is 42.4 Å². The van der Waals surface area contributed by atoms with Gasteiger partial charge in [-0.1, -0.05) is 16.9 Å². The number of aliphatic hydroxyl groups is 1. The fraction of sp³-hybridized carbons (Fsp3) is 0.133. The maximum atomic E-state index is 11.1. The minimum atomic E-state index is -4.63. The Kier molecular flexibility index (Phi) is 8.56. The van der Waals surface area contributed by atoms with E-state index in [2.05, 4.69) is 5.10 Å². The second kappa shape index (κ2) is 10.4. The molecule has 0 aliphatic rings. The zero-order valence-corrected chi connectivity index (χ0v) is 18.7. The first kappa shape index (κ1) is 22.9. The Morgan fingerprint density at radius 2 is 1.75 bits per heavy atom. The third-order valence-corrected chi connectivity index (χ3v) is 6.63. The van der Waals surface area contributed by atoms with E-state index in [1.165, 1.54) is 29.0 Å². The van der Waals surface area contributed by atoms with Crippen LogP contribution >= 0.6 is 22.3 Å². The third kappa shape index (κ3) is 6.92. The van der Waals surface area contributed by atoms with Gasteiger partial charge in [-0.2, -0.15) is 0 Å². The van der Waals surface area contributed by atoms with Gasteiger partial charge in [0, 0.05) is 0 Å². The van der Waals surface area contributed by atoms with Gasteiger partial charge in [-0.05, 0) is 59.3 Å². The Morgan fingerprint density at radius 3 is 2.29 bits per heavy atom. The molecule has 2 aromatic rings. The van der Waals surface area contributed by atoms with Crippen LogP contribution < -0.4 is 9.05 Å². The van der Waals surface area contributed by atoms with Crippen molar-refractivity contribution in [1.29, 1.82) is 0 Å². The van der Waals surface area contributed by atoms with Gasteiger partial charge >= 0.3 is 14.7 Å². The molecule has 0 radical (unpaired) electrons. The van der Waals surface area contributed by atoms with Gasteiger partial charge in [0.1, 0.15) is 5.75 Å². The molecule has 2 rings (SSSR count).